The van der Waals surface area contributed by atoms with E-state index in [-0.39, 0.29) is 11.4 Å². The average Bonchev–Trinajstić information content (AvgIpc) is 3.24. The lowest BCUT2D eigenvalue weighted by molar-refractivity contribution is -0.858. The summed E-state index contributed by atoms with van der Waals surface area (Å²) < 4.78 is 0.861. The van der Waals surface area contributed by atoms with Crippen LogP contribution in [0.3, 0.4) is 0 Å². The fourth-order valence-electron chi connectivity index (χ4n) is 3.28. The predicted octanol–water partition coefficient (Wildman–Crippen LogP) is 2.62. The molecule has 0 bridgehead atoms. The highest BCUT2D eigenvalue weighted by Gasteiger charge is 2.43. The summed E-state index contributed by atoms with van der Waals surface area (Å²) in [4.78, 5) is 29.3. The van der Waals surface area contributed by atoms with Gasteiger partial charge in [0.2, 0.25) is 5.78 Å². The maximum Gasteiger partial charge on any atom is 0.290 e. The fraction of sp³-hybridized carbons (Fsp3) is 0.300. The van der Waals surface area contributed by atoms with E-state index in [0.29, 0.717) is 11.4 Å². The number of amides is 1. The zero-order valence-electron chi connectivity index (χ0n) is 15.2. The summed E-state index contributed by atoms with van der Waals surface area (Å²) in [5, 5.41) is 12.4. The smallest absolute Gasteiger partial charge is 0.290 e. The van der Waals surface area contributed by atoms with Gasteiger partial charge in [-0.3, -0.25) is 9.59 Å². The van der Waals surface area contributed by atoms with E-state index in [1.54, 1.807) is 17.0 Å². The normalized spacial score (nSPS) is 17.3. The van der Waals surface area contributed by atoms with Crippen LogP contribution in [0.1, 0.15) is 27.7 Å². The Balaban J connectivity index is 2.00. The number of carbonyl (C=O) groups excluding carboxylic acids is 2. The second-order valence-electron chi connectivity index (χ2n) is 6.84. The predicted molar refractivity (Wildman–Crippen MR) is 109 cm³/mol. The molecule has 0 aliphatic carbocycles. The van der Waals surface area contributed by atoms with Crippen LogP contribution in [0.5, 0.6) is 0 Å². The number of Topliss-reactive ketones (excluding diaryl/α,β-unsaturated/α-hetero) is 1. The zero-order valence-corrected chi connectivity index (χ0v) is 17.6. The molecule has 0 fully saturated rings. The van der Waals surface area contributed by atoms with E-state index in [0.717, 1.165) is 23.0 Å². The molecule has 3 rings (SSSR count). The van der Waals surface area contributed by atoms with Crippen molar-refractivity contribution in [1.82, 2.24) is 4.90 Å². The first-order valence-electron chi connectivity index (χ1n) is 8.77. The van der Waals surface area contributed by atoms with Gasteiger partial charge < -0.3 is 14.9 Å². The molecule has 1 atom stereocenters. The number of carbonyl (C=O) groups is 2. The minimum atomic E-state index is -0.582. The van der Waals surface area contributed by atoms with E-state index in [1.807, 2.05) is 29.6 Å². The van der Waals surface area contributed by atoms with Gasteiger partial charge in [0, 0.05) is 17.4 Å². The highest BCUT2D eigenvalue weighted by atomic mass is 79.9. The zero-order chi connectivity index (χ0) is 19.6. The summed E-state index contributed by atoms with van der Waals surface area (Å²) >= 11 is 4.77. The number of hydrogen-bond acceptors (Lipinski definition) is 4. The van der Waals surface area contributed by atoms with Crippen molar-refractivity contribution in [3.05, 3.63) is 68.0 Å². The van der Waals surface area contributed by atoms with Gasteiger partial charge in [0.15, 0.2) is 5.76 Å². The highest BCUT2D eigenvalue weighted by molar-refractivity contribution is 9.10. The molecule has 0 radical (unpaired) electrons. The summed E-state index contributed by atoms with van der Waals surface area (Å²) in [7, 11) is 4.11. The third-order valence-corrected chi connectivity index (χ3v) is 5.90. The number of ketones is 1. The van der Waals surface area contributed by atoms with Crippen molar-refractivity contribution in [2.75, 3.05) is 27.2 Å². The Hall–Kier alpha value is -1.96. The van der Waals surface area contributed by atoms with Crippen LogP contribution in [0.15, 0.2) is 57.6 Å². The Kier molecular flexibility index (Phi) is 6.14. The maximum absolute atomic E-state index is 13.1. The largest absolute Gasteiger partial charge is 0.503 e. The number of aliphatic hydroxyl groups is 1. The number of thiophene rings is 1. The molecular formula is C20H22BrN2O3S+. The lowest BCUT2D eigenvalue weighted by Gasteiger charge is -2.27. The number of halogens is 1. The molecule has 2 N–H and O–H groups in total. The summed E-state index contributed by atoms with van der Waals surface area (Å²) in [5.41, 5.74) is 0.969. The van der Waals surface area contributed by atoms with Gasteiger partial charge in [0.25, 0.3) is 5.91 Å². The molecule has 142 valence electrons. The number of nitrogens with zero attached hydrogens (tertiary/aromatic N) is 1. The molecule has 5 nitrogen and oxygen atoms in total. The Bertz CT molecular complexity index is 877. The molecule has 0 saturated heterocycles. The molecule has 1 aromatic heterocycles. The summed E-state index contributed by atoms with van der Waals surface area (Å²) in [5.74, 6) is -1.20. The average molecular weight is 450 g/mol. The second kappa shape index (κ2) is 8.37. The van der Waals surface area contributed by atoms with E-state index < -0.39 is 17.7 Å². The molecule has 0 spiro atoms. The van der Waals surface area contributed by atoms with Crippen molar-refractivity contribution in [2.45, 2.75) is 12.5 Å². The maximum atomic E-state index is 13.1. The highest BCUT2D eigenvalue weighted by Crippen LogP contribution is 2.40. The van der Waals surface area contributed by atoms with E-state index in [4.69, 9.17) is 0 Å². The number of benzene rings is 1. The molecule has 1 aliphatic heterocycles. The van der Waals surface area contributed by atoms with Gasteiger partial charge in [-0.05, 0) is 29.1 Å². The van der Waals surface area contributed by atoms with Crippen molar-refractivity contribution in [1.29, 1.82) is 0 Å². The van der Waals surface area contributed by atoms with Crippen LogP contribution in [-0.4, -0.2) is 48.9 Å². The second-order valence-corrected chi connectivity index (χ2v) is 8.70. The SMILES string of the molecule is C[NH+](C)CCCN1C(=O)C(O)=C(C(=O)c2cccs2)[C@@H]1c1cccc(Br)c1. The van der Waals surface area contributed by atoms with Gasteiger partial charge in [0.05, 0.1) is 37.1 Å². The van der Waals surface area contributed by atoms with Gasteiger partial charge in [-0.25, -0.2) is 0 Å². The number of nitrogens with one attached hydrogen (secondary N) is 1. The standard InChI is InChI=1S/C20H21BrN2O3S/c1-22(2)9-5-10-23-17(13-6-3-7-14(21)12-13)16(19(25)20(23)26)18(24)15-8-4-11-27-15/h3-4,6-8,11-12,17,25H,5,9-10H2,1-2H3/p+1/t17-/m0/s1. The van der Waals surface area contributed by atoms with Crippen molar-refractivity contribution < 1.29 is 19.6 Å². The number of aliphatic hydroxyl groups excluding tert-OH is 1. The molecule has 2 heterocycles. The van der Waals surface area contributed by atoms with Crippen LogP contribution in [0.2, 0.25) is 0 Å². The lowest BCUT2D eigenvalue weighted by atomic mass is 9.95. The molecule has 1 aliphatic rings. The van der Waals surface area contributed by atoms with Crippen LogP contribution in [0.25, 0.3) is 0 Å². The molecule has 7 heteroatoms. The van der Waals surface area contributed by atoms with Crippen molar-refractivity contribution in [3.63, 3.8) is 0 Å². The molecule has 0 saturated carbocycles. The summed E-state index contributed by atoms with van der Waals surface area (Å²) in [6.45, 7) is 1.37. The van der Waals surface area contributed by atoms with Gasteiger partial charge >= 0.3 is 0 Å². The van der Waals surface area contributed by atoms with E-state index in [9.17, 15) is 14.7 Å². The van der Waals surface area contributed by atoms with Gasteiger partial charge in [-0.2, -0.15) is 0 Å². The number of rotatable bonds is 7. The topological polar surface area (TPSA) is 62.1 Å². The third kappa shape index (κ3) is 4.15. The first-order chi connectivity index (χ1) is 12.9. The minimum absolute atomic E-state index is 0.165. The molecule has 27 heavy (non-hydrogen) atoms. The van der Waals surface area contributed by atoms with E-state index >= 15 is 0 Å². The van der Waals surface area contributed by atoms with Crippen LogP contribution < -0.4 is 4.90 Å². The molecule has 0 unspecified atom stereocenters. The Labute approximate surface area is 171 Å². The summed E-state index contributed by atoms with van der Waals surface area (Å²) in [6.07, 6.45) is 0.784. The summed E-state index contributed by atoms with van der Waals surface area (Å²) in [6, 6.07) is 10.5. The van der Waals surface area contributed by atoms with Crippen molar-refractivity contribution in [3.8, 4) is 0 Å². The molecule has 1 amide bonds. The van der Waals surface area contributed by atoms with Crippen LogP contribution >= 0.6 is 27.3 Å². The van der Waals surface area contributed by atoms with E-state index in [1.165, 1.54) is 16.2 Å². The lowest BCUT2D eigenvalue weighted by Crippen LogP contribution is -3.05. The van der Waals surface area contributed by atoms with Gasteiger partial charge in [-0.1, -0.05) is 34.1 Å². The van der Waals surface area contributed by atoms with Gasteiger partial charge in [-0.15, -0.1) is 11.3 Å². The van der Waals surface area contributed by atoms with Crippen LogP contribution in [0.4, 0.5) is 0 Å². The first kappa shape index (κ1) is 19.8. The number of quaternary nitrogens is 1. The molecular weight excluding hydrogens is 428 g/mol. The van der Waals surface area contributed by atoms with Crippen LogP contribution in [0, 0.1) is 0 Å². The Morgan fingerprint density at radius 1 is 1.30 bits per heavy atom. The van der Waals surface area contributed by atoms with Gasteiger partial charge in [0.1, 0.15) is 0 Å². The minimum Gasteiger partial charge on any atom is -0.503 e. The third-order valence-electron chi connectivity index (χ3n) is 4.53. The first-order valence-corrected chi connectivity index (χ1v) is 10.4. The van der Waals surface area contributed by atoms with Crippen molar-refractivity contribution in [2.24, 2.45) is 0 Å². The molecule has 2 aromatic rings. The fourth-order valence-corrected chi connectivity index (χ4v) is 4.38. The Morgan fingerprint density at radius 2 is 2.07 bits per heavy atom. The van der Waals surface area contributed by atoms with E-state index in [2.05, 4.69) is 30.0 Å². The van der Waals surface area contributed by atoms with Crippen molar-refractivity contribution >= 4 is 39.0 Å². The Morgan fingerprint density at radius 3 is 2.70 bits per heavy atom. The quantitative estimate of drug-likeness (QED) is 0.638. The number of hydrogen-bond donors (Lipinski definition) is 2. The monoisotopic (exact) mass is 449 g/mol. The van der Waals surface area contributed by atoms with Crippen LogP contribution in [-0.2, 0) is 4.79 Å². The molecule has 1 aromatic carbocycles.